The molecule has 0 saturated carbocycles. The maximum absolute atomic E-state index is 12.2. The van der Waals surface area contributed by atoms with Crippen molar-refractivity contribution >= 4 is 26.7 Å². The molecular formula is C20H22N4O4S. The summed E-state index contributed by atoms with van der Waals surface area (Å²) in [5.41, 5.74) is 1.50. The van der Waals surface area contributed by atoms with Crippen molar-refractivity contribution in [1.29, 1.82) is 0 Å². The maximum Gasteiger partial charge on any atom is 0.306 e. The van der Waals surface area contributed by atoms with Crippen molar-refractivity contribution in [1.82, 2.24) is 14.9 Å². The fraction of sp³-hybridized carbons (Fsp3) is 0.300. The summed E-state index contributed by atoms with van der Waals surface area (Å²) >= 11 is 0. The number of hydrogen-bond acceptors (Lipinski definition) is 7. The first-order valence-corrected chi connectivity index (χ1v) is 11.1. The largest absolute Gasteiger partial charge is 0.383 e. The average molecular weight is 414 g/mol. The van der Waals surface area contributed by atoms with Gasteiger partial charge in [0.15, 0.2) is 0 Å². The first kappa shape index (κ1) is 19.4. The van der Waals surface area contributed by atoms with E-state index in [1.165, 1.54) is 0 Å². The van der Waals surface area contributed by atoms with Crippen LogP contribution >= 0.6 is 0 Å². The number of aromatic amines is 1. The van der Waals surface area contributed by atoms with Crippen molar-refractivity contribution in [2.45, 2.75) is 6.54 Å². The van der Waals surface area contributed by atoms with E-state index >= 15 is 0 Å². The van der Waals surface area contributed by atoms with Crippen LogP contribution in [0, 0.1) is 0 Å². The van der Waals surface area contributed by atoms with Crippen LogP contribution in [-0.2, 0) is 16.7 Å². The molecule has 2 heterocycles. The molecule has 1 aliphatic heterocycles. The number of aromatic nitrogens is 2. The predicted molar refractivity (Wildman–Crippen MR) is 112 cm³/mol. The third-order valence-electron chi connectivity index (χ3n) is 4.84. The Hall–Kier alpha value is -2.91. The van der Waals surface area contributed by atoms with Crippen molar-refractivity contribution in [2.24, 2.45) is 0 Å². The first-order valence-electron chi connectivity index (χ1n) is 9.32. The van der Waals surface area contributed by atoms with Gasteiger partial charge in [-0.3, -0.25) is 9.69 Å². The van der Waals surface area contributed by atoms with Crippen molar-refractivity contribution in [3.8, 4) is 5.75 Å². The molecule has 1 fully saturated rings. The fourth-order valence-corrected chi connectivity index (χ4v) is 3.95. The Balaban J connectivity index is 1.41. The van der Waals surface area contributed by atoms with Crippen molar-refractivity contribution in [3.63, 3.8) is 0 Å². The van der Waals surface area contributed by atoms with Crippen LogP contribution in [0.25, 0.3) is 10.9 Å². The van der Waals surface area contributed by atoms with Crippen molar-refractivity contribution in [2.75, 3.05) is 37.3 Å². The predicted octanol–water partition coefficient (Wildman–Crippen LogP) is 1.58. The fourth-order valence-electron chi connectivity index (χ4n) is 3.49. The zero-order valence-electron chi connectivity index (χ0n) is 16.0. The number of piperazine rings is 1. The molecule has 0 amide bonds. The van der Waals surface area contributed by atoms with Crippen LogP contribution in [0.15, 0.2) is 53.3 Å². The molecule has 1 aromatic heterocycles. The van der Waals surface area contributed by atoms with E-state index < -0.39 is 10.1 Å². The minimum atomic E-state index is -3.55. The normalized spacial score (nSPS) is 15.6. The number of nitrogens with one attached hydrogen (secondary N) is 1. The van der Waals surface area contributed by atoms with E-state index in [2.05, 4.69) is 19.8 Å². The molecule has 0 spiro atoms. The van der Waals surface area contributed by atoms with Crippen molar-refractivity contribution < 1.29 is 12.6 Å². The molecule has 0 unspecified atom stereocenters. The Morgan fingerprint density at radius 2 is 1.83 bits per heavy atom. The number of hydrogen-bond donors (Lipinski definition) is 1. The van der Waals surface area contributed by atoms with Crippen molar-refractivity contribution in [3.05, 3.63) is 64.7 Å². The van der Waals surface area contributed by atoms with Gasteiger partial charge in [-0.05, 0) is 24.3 Å². The van der Waals surface area contributed by atoms with E-state index in [1.54, 1.807) is 24.3 Å². The highest BCUT2D eigenvalue weighted by atomic mass is 32.2. The van der Waals surface area contributed by atoms with Gasteiger partial charge in [0.1, 0.15) is 11.6 Å². The molecule has 1 saturated heterocycles. The van der Waals surface area contributed by atoms with E-state index in [-0.39, 0.29) is 5.56 Å². The molecule has 1 aliphatic rings. The number of anilines is 1. The summed E-state index contributed by atoms with van der Waals surface area (Å²) < 4.78 is 27.6. The molecule has 29 heavy (non-hydrogen) atoms. The SMILES string of the molecule is CS(=O)(=O)Oc1cccc(N2CCN(Cc3nc4ccccc4c(=O)[nH]3)CC2)c1. The lowest BCUT2D eigenvalue weighted by atomic mass is 10.2. The molecule has 9 heteroatoms. The van der Waals surface area contributed by atoms with Gasteiger partial charge >= 0.3 is 10.1 Å². The quantitative estimate of drug-likeness (QED) is 0.634. The standard InChI is InChI=1S/C20H22N4O4S/c1-29(26,27)28-16-6-4-5-15(13-16)24-11-9-23(10-12-24)14-19-21-18-8-3-2-7-17(18)20(25)22-19/h2-8,13H,9-12,14H2,1H3,(H,21,22,25). The number of H-pyrrole nitrogens is 1. The lowest BCUT2D eigenvalue weighted by Gasteiger charge is -2.35. The van der Waals surface area contributed by atoms with Crippen LogP contribution in [-0.4, -0.2) is 55.7 Å². The molecule has 0 bridgehead atoms. The van der Waals surface area contributed by atoms with Crippen LogP contribution in [0.5, 0.6) is 5.75 Å². The summed E-state index contributed by atoms with van der Waals surface area (Å²) in [7, 11) is -3.55. The lowest BCUT2D eigenvalue weighted by Crippen LogP contribution is -2.46. The van der Waals surface area contributed by atoms with E-state index in [0.29, 0.717) is 29.0 Å². The summed E-state index contributed by atoms with van der Waals surface area (Å²) in [5, 5.41) is 0.595. The van der Waals surface area contributed by atoms with Gasteiger partial charge in [-0.2, -0.15) is 8.42 Å². The van der Waals surface area contributed by atoms with Crippen LogP contribution in [0.2, 0.25) is 0 Å². The molecule has 0 radical (unpaired) electrons. The third kappa shape index (κ3) is 4.75. The highest BCUT2D eigenvalue weighted by molar-refractivity contribution is 7.86. The van der Waals surface area contributed by atoms with E-state index in [9.17, 15) is 13.2 Å². The number of nitrogens with zero attached hydrogens (tertiary/aromatic N) is 3. The molecule has 1 N–H and O–H groups in total. The van der Waals surface area contributed by atoms with E-state index in [1.807, 2.05) is 24.3 Å². The Morgan fingerprint density at radius 1 is 1.07 bits per heavy atom. The molecule has 0 atom stereocenters. The van der Waals surface area contributed by atoms with Crippen LogP contribution in [0.1, 0.15) is 5.82 Å². The molecule has 8 nitrogen and oxygen atoms in total. The Labute approximate surface area is 168 Å². The third-order valence-corrected chi connectivity index (χ3v) is 5.33. The monoisotopic (exact) mass is 414 g/mol. The summed E-state index contributed by atoms with van der Waals surface area (Å²) in [6, 6.07) is 14.4. The second-order valence-corrected chi connectivity index (χ2v) is 8.65. The molecule has 152 valence electrons. The number of para-hydroxylation sites is 1. The highest BCUT2D eigenvalue weighted by Crippen LogP contribution is 2.23. The van der Waals surface area contributed by atoms with Crippen LogP contribution in [0.4, 0.5) is 5.69 Å². The molecule has 4 rings (SSSR count). The van der Waals surface area contributed by atoms with Gasteiger partial charge in [-0.1, -0.05) is 18.2 Å². The van der Waals surface area contributed by atoms with Gasteiger partial charge in [-0.25, -0.2) is 4.98 Å². The zero-order chi connectivity index (χ0) is 20.4. The highest BCUT2D eigenvalue weighted by Gasteiger charge is 2.19. The van der Waals surface area contributed by atoms with Gasteiger partial charge in [0.25, 0.3) is 5.56 Å². The summed E-state index contributed by atoms with van der Waals surface area (Å²) in [5.74, 6) is 0.969. The minimum absolute atomic E-state index is 0.119. The van der Waals surface area contributed by atoms with Crippen LogP contribution < -0.4 is 14.6 Å². The van der Waals surface area contributed by atoms with Crippen LogP contribution in [0.3, 0.4) is 0 Å². The number of fused-ring (bicyclic) bond motifs is 1. The average Bonchev–Trinajstić information content (AvgIpc) is 2.67. The number of benzene rings is 2. The van der Waals surface area contributed by atoms with Gasteiger partial charge in [0.2, 0.25) is 0 Å². The van der Waals surface area contributed by atoms with E-state index in [0.717, 1.165) is 38.1 Å². The smallest absolute Gasteiger partial charge is 0.306 e. The lowest BCUT2D eigenvalue weighted by molar-refractivity contribution is 0.244. The zero-order valence-corrected chi connectivity index (χ0v) is 16.9. The summed E-state index contributed by atoms with van der Waals surface area (Å²) in [4.78, 5) is 24.1. The number of rotatable bonds is 5. The molecular weight excluding hydrogens is 392 g/mol. The summed E-state index contributed by atoms with van der Waals surface area (Å²) in [6.07, 6.45) is 1.03. The maximum atomic E-state index is 12.2. The van der Waals surface area contributed by atoms with Gasteiger partial charge in [-0.15, -0.1) is 0 Å². The second-order valence-electron chi connectivity index (χ2n) is 7.08. The van der Waals surface area contributed by atoms with Gasteiger partial charge in [0.05, 0.1) is 23.7 Å². The molecule has 2 aromatic carbocycles. The Kier molecular flexibility index (Phi) is 5.25. The first-order chi connectivity index (χ1) is 13.9. The second kappa shape index (κ2) is 7.84. The molecule has 3 aromatic rings. The Bertz CT molecular complexity index is 1180. The minimum Gasteiger partial charge on any atom is -0.383 e. The Morgan fingerprint density at radius 3 is 2.59 bits per heavy atom. The van der Waals surface area contributed by atoms with Gasteiger partial charge in [0, 0.05) is 37.9 Å². The van der Waals surface area contributed by atoms with Gasteiger partial charge < -0.3 is 14.1 Å². The molecule has 0 aliphatic carbocycles. The van der Waals surface area contributed by atoms with E-state index in [4.69, 9.17) is 4.18 Å². The summed E-state index contributed by atoms with van der Waals surface area (Å²) in [6.45, 7) is 3.73. The topological polar surface area (TPSA) is 95.6 Å².